The Morgan fingerprint density at radius 3 is 1.91 bits per heavy atom. The molecule has 0 aliphatic heterocycles. The average Bonchev–Trinajstić information content (AvgIpc) is 2.80. The van der Waals surface area contributed by atoms with E-state index in [0.29, 0.717) is 16.3 Å². The number of Topliss-reactive ketones (excluding diaryl/α,β-unsaturated/α-hetero) is 1. The first-order valence-electron chi connectivity index (χ1n) is 10.9. The van der Waals surface area contributed by atoms with E-state index in [0.717, 1.165) is 11.4 Å². The van der Waals surface area contributed by atoms with Gasteiger partial charge in [0.25, 0.3) is 5.56 Å². The van der Waals surface area contributed by atoms with Crippen LogP contribution >= 0.6 is 11.6 Å². The fourth-order valence-electron chi connectivity index (χ4n) is 1.58. The molecule has 0 aliphatic rings. The molecule has 0 spiro atoms. The van der Waals surface area contributed by atoms with Crippen LogP contribution in [-0.4, -0.2) is 15.8 Å². The first-order chi connectivity index (χ1) is 15.2. The van der Waals surface area contributed by atoms with E-state index in [4.69, 9.17) is 11.6 Å². The van der Waals surface area contributed by atoms with Crippen molar-refractivity contribution in [3.63, 3.8) is 0 Å². The maximum absolute atomic E-state index is 11.0. The predicted molar refractivity (Wildman–Crippen MR) is 142 cm³/mol. The molecule has 0 fully saturated rings. The zero-order valence-electron chi connectivity index (χ0n) is 21.0. The Hall–Kier alpha value is -2.66. The summed E-state index contributed by atoms with van der Waals surface area (Å²) in [7, 11) is 0. The van der Waals surface area contributed by atoms with Gasteiger partial charge in [-0.25, -0.2) is 4.98 Å². The van der Waals surface area contributed by atoms with Crippen molar-refractivity contribution in [1.82, 2.24) is 9.97 Å². The summed E-state index contributed by atoms with van der Waals surface area (Å²) in [5.74, 6) is -0.0201. The van der Waals surface area contributed by atoms with Crippen LogP contribution in [0.3, 0.4) is 0 Å². The Morgan fingerprint density at radius 1 is 1.09 bits per heavy atom. The summed E-state index contributed by atoms with van der Waals surface area (Å²) in [5.41, 5.74) is 2.72. The lowest BCUT2D eigenvalue weighted by Crippen LogP contribution is -2.06. The standard InChI is InChI=1S/C10H12N2O.C6H6ClNO.2C4H10.C2H4/c1-4-11-9-5-6-10(8(3)13)12-7(9)2;1-4-2-5(7)3-8-6(4)9;2*1-3-4-2;1-2/h4-6,11H,1H2,2-3H3;2-3H,1H3,(H,8,9);2*3-4H2,1-2H3;1-2H2. The normalized spacial score (nSPS) is 8.50. The summed E-state index contributed by atoms with van der Waals surface area (Å²) in [5, 5.41) is 3.49. The topological polar surface area (TPSA) is 74.8 Å². The van der Waals surface area contributed by atoms with Crippen molar-refractivity contribution in [2.45, 2.75) is 74.1 Å². The van der Waals surface area contributed by atoms with Crippen molar-refractivity contribution in [3.05, 3.63) is 82.7 Å². The van der Waals surface area contributed by atoms with Crippen LogP contribution in [0.1, 0.15) is 82.0 Å². The monoisotopic (exact) mass is 463 g/mol. The number of pyridine rings is 2. The van der Waals surface area contributed by atoms with Gasteiger partial charge in [0.2, 0.25) is 0 Å². The number of carbonyl (C=O) groups excluding carboxylic acids is 1. The molecular formula is C26H42ClN3O2. The van der Waals surface area contributed by atoms with Crippen LogP contribution in [0.4, 0.5) is 5.69 Å². The third kappa shape index (κ3) is 18.1. The summed E-state index contributed by atoms with van der Waals surface area (Å²) in [4.78, 5) is 28.2. The predicted octanol–water partition coefficient (Wildman–Crippen LogP) is 7.90. The highest BCUT2D eigenvalue weighted by Gasteiger charge is 2.03. The highest BCUT2D eigenvalue weighted by molar-refractivity contribution is 6.30. The number of anilines is 1. The van der Waals surface area contributed by atoms with Gasteiger partial charge in [-0.05, 0) is 38.2 Å². The smallest absolute Gasteiger partial charge is 0.250 e. The molecule has 0 radical (unpaired) electrons. The molecule has 2 aromatic heterocycles. The zero-order chi connectivity index (χ0) is 25.5. The lowest BCUT2D eigenvalue weighted by molar-refractivity contribution is 0.101. The summed E-state index contributed by atoms with van der Waals surface area (Å²) in [6, 6.07) is 5.14. The lowest BCUT2D eigenvalue weighted by Gasteiger charge is -2.04. The van der Waals surface area contributed by atoms with Crippen molar-refractivity contribution in [2.75, 3.05) is 5.32 Å². The van der Waals surface area contributed by atoms with Gasteiger partial charge in [-0.1, -0.05) is 71.6 Å². The number of nitrogens with one attached hydrogen (secondary N) is 2. The Kier molecular flexibility index (Phi) is 24.4. The largest absolute Gasteiger partial charge is 0.361 e. The molecule has 6 heteroatoms. The van der Waals surface area contributed by atoms with Gasteiger partial charge in [-0.2, -0.15) is 0 Å². The van der Waals surface area contributed by atoms with Crippen molar-refractivity contribution in [2.24, 2.45) is 0 Å². The van der Waals surface area contributed by atoms with Crippen LogP contribution in [0.15, 0.2) is 55.1 Å². The number of rotatable bonds is 5. The first-order valence-corrected chi connectivity index (χ1v) is 11.3. The minimum Gasteiger partial charge on any atom is -0.361 e. The zero-order valence-corrected chi connectivity index (χ0v) is 21.7. The lowest BCUT2D eigenvalue weighted by atomic mass is 10.2. The Bertz CT molecular complexity index is 809. The molecule has 0 aliphatic carbocycles. The molecule has 180 valence electrons. The molecule has 0 unspecified atom stereocenters. The third-order valence-corrected chi connectivity index (χ3v) is 3.98. The number of halogens is 1. The van der Waals surface area contributed by atoms with Gasteiger partial charge in [0.15, 0.2) is 5.78 Å². The minimum absolute atomic E-state index is 0.0201. The fraction of sp³-hybridized carbons (Fsp3) is 0.423. The number of ketones is 1. The second-order valence-electron chi connectivity index (χ2n) is 6.56. The molecule has 0 atom stereocenters. The summed E-state index contributed by atoms with van der Waals surface area (Å²) in [6.07, 6.45) is 8.33. The maximum atomic E-state index is 11.0. The molecule has 2 aromatic rings. The molecule has 2 heterocycles. The number of H-pyrrole nitrogens is 1. The van der Waals surface area contributed by atoms with Crippen molar-refractivity contribution in [1.29, 1.82) is 0 Å². The number of aromatic nitrogens is 2. The van der Waals surface area contributed by atoms with E-state index in [1.165, 1.54) is 38.8 Å². The maximum Gasteiger partial charge on any atom is 0.250 e. The van der Waals surface area contributed by atoms with Crippen molar-refractivity contribution in [3.8, 4) is 0 Å². The van der Waals surface area contributed by atoms with Gasteiger partial charge < -0.3 is 10.3 Å². The van der Waals surface area contributed by atoms with Gasteiger partial charge in [-0.3, -0.25) is 9.59 Å². The van der Waals surface area contributed by atoms with E-state index in [1.807, 2.05) is 13.0 Å². The highest BCUT2D eigenvalue weighted by Crippen LogP contribution is 2.12. The summed E-state index contributed by atoms with van der Waals surface area (Å²) in [6.45, 7) is 23.3. The van der Waals surface area contributed by atoms with Crippen LogP contribution in [0, 0.1) is 13.8 Å². The number of unbranched alkanes of at least 4 members (excludes halogenated alkanes) is 2. The molecular weight excluding hydrogens is 422 g/mol. The fourth-order valence-corrected chi connectivity index (χ4v) is 1.80. The number of carbonyl (C=O) groups is 1. The van der Waals surface area contributed by atoms with Gasteiger partial charge in [0.05, 0.1) is 16.4 Å². The molecule has 0 saturated carbocycles. The molecule has 2 N–H and O–H groups in total. The number of hydrogen-bond acceptors (Lipinski definition) is 4. The number of hydrogen-bond donors (Lipinski definition) is 2. The van der Waals surface area contributed by atoms with E-state index < -0.39 is 0 Å². The summed E-state index contributed by atoms with van der Waals surface area (Å²) < 4.78 is 0. The van der Waals surface area contributed by atoms with Crippen LogP contribution in [-0.2, 0) is 0 Å². The van der Waals surface area contributed by atoms with E-state index in [-0.39, 0.29) is 11.3 Å². The molecule has 0 amide bonds. The second kappa shape index (κ2) is 23.0. The molecule has 2 rings (SSSR count). The van der Waals surface area contributed by atoms with Crippen LogP contribution in [0.25, 0.3) is 0 Å². The minimum atomic E-state index is -0.0839. The van der Waals surface area contributed by atoms with Gasteiger partial charge in [0.1, 0.15) is 5.69 Å². The van der Waals surface area contributed by atoms with Crippen LogP contribution < -0.4 is 10.9 Å². The number of aryl methyl sites for hydroxylation is 2. The van der Waals surface area contributed by atoms with Gasteiger partial charge >= 0.3 is 0 Å². The molecule has 32 heavy (non-hydrogen) atoms. The van der Waals surface area contributed by atoms with Crippen LogP contribution in [0.2, 0.25) is 5.02 Å². The van der Waals surface area contributed by atoms with E-state index in [2.05, 4.69) is 62.7 Å². The second-order valence-corrected chi connectivity index (χ2v) is 7.00. The van der Waals surface area contributed by atoms with Crippen LogP contribution in [0.5, 0.6) is 0 Å². The quantitative estimate of drug-likeness (QED) is 0.349. The SMILES string of the molecule is C=C.C=CNc1ccc(C(C)=O)nc1C.CCCC.CCCC.Cc1cc(Cl)c[nH]c1=O. The van der Waals surface area contributed by atoms with E-state index in [1.54, 1.807) is 25.3 Å². The van der Waals surface area contributed by atoms with E-state index >= 15 is 0 Å². The molecule has 0 aromatic carbocycles. The molecule has 5 nitrogen and oxygen atoms in total. The highest BCUT2D eigenvalue weighted by atomic mass is 35.5. The number of nitrogens with zero attached hydrogens (tertiary/aromatic N) is 1. The van der Waals surface area contributed by atoms with Crippen molar-refractivity contribution >= 4 is 23.1 Å². The van der Waals surface area contributed by atoms with E-state index in [9.17, 15) is 9.59 Å². The Labute approximate surface area is 200 Å². The third-order valence-electron chi connectivity index (χ3n) is 3.76. The Morgan fingerprint density at radius 2 is 1.59 bits per heavy atom. The van der Waals surface area contributed by atoms with Crippen molar-refractivity contribution < 1.29 is 4.79 Å². The van der Waals surface area contributed by atoms with Gasteiger partial charge in [0, 0.05) is 18.7 Å². The summed E-state index contributed by atoms with van der Waals surface area (Å²) >= 11 is 5.55. The van der Waals surface area contributed by atoms with Gasteiger partial charge in [-0.15, -0.1) is 13.2 Å². The average molecular weight is 464 g/mol. The first kappa shape index (κ1) is 34.0. The Balaban J connectivity index is -0.000000384. The molecule has 0 bridgehead atoms. The molecule has 0 saturated heterocycles. The number of aromatic amines is 1.